The van der Waals surface area contributed by atoms with Gasteiger partial charge >= 0.3 is 0 Å². The molecule has 0 amide bonds. The van der Waals surface area contributed by atoms with Gasteiger partial charge in [-0.25, -0.2) is 0 Å². The summed E-state index contributed by atoms with van der Waals surface area (Å²) in [5.41, 5.74) is 14.9. The topological polar surface area (TPSA) is 106 Å². The Labute approximate surface area is 127 Å². The second-order valence-electron chi connectivity index (χ2n) is 5.01. The highest BCUT2D eigenvalue weighted by molar-refractivity contribution is 7.85. The minimum Gasteiger partial charge on any atom is -0.399 e. The Kier molecular flexibility index (Phi) is 3.27. The highest BCUT2D eigenvalue weighted by atomic mass is 32.2. The van der Waals surface area contributed by atoms with Crippen molar-refractivity contribution in [3.63, 3.8) is 0 Å². The highest BCUT2D eigenvalue weighted by Crippen LogP contribution is 2.33. The van der Waals surface area contributed by atoms with Crippen LogP contribution >= 0.6 is 0 Å². The molecule has 0 heterocycles. The average Bonchev–Trinajstić information content (AvgIpc) is 2.48. The minimum absolute atomic E-state index is 0.153. The summed E-state index contributed by atoms with van der Waals surface area (Å²) in [5, 5.41) is 1.37. The van der Waals surface area contributed by atoms with Crippen LogP contribution in [0, 0.1) is 0 Å². The summed E-state index contributed by atoms with van der Waals surface area (Å²) in [6, 6.07) is 15.2. The fraction of sp³-hybridized carbons (Fsp3) is 0. The molecule has 3 aromatic carbocycles. The van der Waals surface area contributed by atoms with Crippen LogP contribution in [0.4, 0.5) is 11.4 Å². The van der Waals surface area contributed by atoms with Crippen molar-refractivity contribution < 1.29 is 13.0 Å². The number of rotatable bonds is 2. The molecule has 5 N–H and O–H groups in total. The van der Waals surface area contributed by atoms with E-state index in [0.29, 0.717) is 16.8 Å². The molecule has 112 valence electrons. The molecular formula is C16H14N2O3S. The first-order valence-electron chi connectivity index (χ1n) is 6.52. The van der Waals surface area contributed by atoms with E-state index >= 15 is 0 Å². The van der Waals surface area contributed by atoms with E-state index in [0.717, 1.165) is 16.5 Å². The fourth-order valence-electron chi connectivity index (χ4n) is 2.41. The largest absolute Gasteiger partial charge is 0.399 e. The summed E-state index contributed by atoms with van der Waals surface area (Å²) in [4.78, 5) is -0.153. The Balaban J connectivity index is 2.20. The lowest BCUT2D eigenvalue weighted by Gasteiger charge is -2.10. The lowest BCUT2D eigenvalue weighted by atomic mass is 9.98. The van der Waals surface area contributed by atoms with Gasteiger partial charge in [-0.15, -0.1) is 0 Å². The molecule has 0 fully saturated rings. The number of hydrogen-bond acceptors (Lipinski definition) is 4. The van der Waals surface area contributed by atoms with Crippen LogP contribution in [0.25, 0.3) is 21.9 Å². The zero-order valence-corrected chi connectivity index (χ0v) is 12.3. The Morgan fingerprint density at radius 3 is 2.18 bits per heavy atom. The van der Waals surface area contributed by atoms with Gasteiger partial charge in [0.2, 0.25) is 0 Å². The maximum absolute atomic E-state index is 11.2. The molecule has 5 nitrogen and oxygen atoms in total. The number of nitrogen functional groups attached to an aromatic ring is 2. The number of anilines is 2. The van der Waals surface area contributed by atoms with Crippen molar-refractivity contribution in [2.24, 2.45) is 0 Å². The van der Waals surface area contributed by atoms with Gasteiger partial charge in [0.15, 0.2) is 0 Å². The molecule has 0 aliphatic rings. The molecular weight excluding hydrogens is 300 g/mol. The third-order valence-electron chi connectivity index (χ3n) is 3.55. The van der Waals surface area contributed by atoms with Gasteiger partial charge in [0.05, 0.1) is 4.90 Å². The zero-order chi connectivity index (χ0) is 15.9. The first kappa shape index (κ1) is 14.4. The van der Waals surface area contributed by atoms with Gasteiger partial charge in [0.25, 0.3) is 10.1 Å². The maximum atomic E-state index is 11.2. The maximum Gasteiger partial charge on any atom is 0.294 e. The van der Waals surface area contributed by atoms with Gasteiger partial charge < -0.3 is 11.5 Å². The quantitative estimate of drug-likeness (QED) is 0.498. The standard InChI is InChI=1S/C16H14N2O3S/c17-12-4-1-10(2-5-12)14-7-3-11-9-13(22(19,20)21)6-8-15(11)16(14)18/h1-9H,17-18H2,(H,19,20,21). The van der Waals surface area contributed by atoms with Crippen molar-refractivity contribution in [2.45, 2.75) is 4.90 Å². The van der Waals surface area contributed by atoms with E-state index in [-0.39, 0.29) is 4.90 Å². The second-order valence-corrected chi connectivity index (χ2v) is 6.43. The van der Waals surface area contributed by atoms with Gasteiger partial charge in [0.1, 0.15) is 0 Å². The van der Waals surface area contributed by atoms with Crippen molar-refractivity contribution in [1.29, 1.82) is 0 Å². The van der Waals surface area contributed by atoms with Crippen molar-refractivity contribution in [1.82, 2.24) is 0 Å². The molecule has 3 rings (SSSR count). The molecule has 0 aromatic heterocycles. The van der Waals surface area contributed by atoms with Gasteiger partial charge in [-0.1, -0.05) is 30.3 Å². The summed E-state index contributed by atoms with van der Waals surface area (Å²) in [6.07, 6.45) is 0. The van der Waals surface area contributed by atoms with Crippen LogP contribution < -0.4 is 11.5 Å². The Morgan fingerprint density at radius 1 is 0.864 bits per heavy atom. The summed E-state index contributed by atoms with van der Waals surface area (Å²) in [7, 11) is -4.23. The molecule has 0 radical (unpaired) electrons. The van der Waals surface area contributed by atoms with Crippen LogP contribution in [0.5, 0.6) is 0 Å². The summed E-state index contributed by atoms with van der Waals surface area (Å²) in [5.74, 6) is 0. The summed E-state index contributed by atoms with van der Waals surface area (Å²) in [6.45, 7) is 0. The predicted molar refractivity (Wildman–Crippen MR) is 88.0 cm³/mol. The SMILES string of the molecule is Nc1ccc(-c2ccc3cc(S(=O)(=O)O)ccc3c2N)cc1. The highest BCUT2D eigenvalue weighted by Gasteiger charge is 2.12. The number of hydrogen-bond donors (Lipinski definition) is 3. The lowest BCUT2D eigenvalue weighted by molar-refractivity contribution is 0.483. The third-order valence-corrected chi connectivity index (χ3v) is 4.40. The van der Waals surface area contributed by atoms with Gasteiger partial charge in [-0.2, -0.15) is 8.42 Å². The van der Waals surface area contributed by atoms with Gasteiger partial charge in [0, 0.05) is 22.3 Å². The molecule has 0 aliphatic carbocycles. The van der Waals surface area contributed by atoms with E-state index in [4.69, 9.17) is 16.0 Å². The Hall–Kier alpha value is -2.57. The summed E-state index contributed by atoms with van der Waals surface area (Å²) >= 11 is 0. The lowest BCUT2D eigenvalue weighted by Crippen LogP contribution is -1.98. The van der Waals surface area contributed by atoms with Crippen molar-refractivity contribution in [2.75, 3.05) is 11.5 Å². The zero-order valence-electron chi connectivity index (χ0n) is 11.5. The van der Waals surface area contributed by atoms with Crippen molar-refractivity contribution in [3.8, 4) is 11.1 Å². The molecule has 0 atom stereocenters. The smallest absolute Gasteiger partial charge is 0.294 e. The molecule has 0 saturated carbocycles. The molecule has 22 heavy (non-hydrogen) atoms. The molecule has 0 spiro atoms. The van der Waals surface area contributed by atoms with E-state index < -0.39 is 10.1 Å². The number of nitrogens with two attached hydrogens (primary N) is 2. The van der Waals surface area contributed by atoms with Gasteiger partial charge in [-0.3, -0.25) is 4.55 Å². The van der Waals surface area contributed by atoms with Crippen LogP contribution in [-0.2, 0) is 10.1 Å². The van der Waals surface area contributed by atoms with Crippen LogP contribution in [0.15, 0.2) is 59.5 Å². The van der Waals surface area contributed by atoms with E-state index in [1.165, 1.54) is 12.1 Å². The van der Waals surface area contributed by atoms with E-state index in [1.807, 2.05) is 18.2 Å². The van der Waals surface area contributed by atoms with Crippen LogP contribution in [0.2, 0.25) is 0 Å². The predicted octanol–water partition coefficient (Wildman–Crippen LogP) is 2.92. The van der Waals surface area contributed by atoms with E-state index in [9.17, 15) is 8.42 Å². The molecule has 0 saturated heterocycles. The van der Waals surface area contributed by atoms with Crippen LogP contribution in [0.3, 0.4) is 0 Å². The fourth-order valence-corrected chi connectivity index (χ4v) is 2.92. The van der Waals surface area contributed by atoms with Crippen molar-refractivity contribution >= 4 is 32.3 Å². The third kappa shape index (κ3) is 2.49. The van der Waals surface area contributed by atoms with E-state index in [2.05, 4.69) is 0 Å². The molecule has 0 aliphatic heterocycles. The Bertz CT molecular complexity index is 965. The number of benzene rings is 3. The average molecular weight is 314 g/mol. The second kappa shape index (κ2) is 5.01. The normalized spacial score (nSPS) is 11.7. The monoisotopic (exact) mass is 314 g/mol. The molecule has 3 aromatic rings. The first-order chi connectivity index (χ1) is 10.4. The first-order valence-corrected chi connectivity index (χ1v) is 7.96. The number of fused-ring (bicyclic) bond motifs is 1. The van der Waals surface area contributed by atoms with Crippen LogP contribution in [0.1, 0.15) is 0 Å². The minimum atomic E-state index is -4.23. The molecule has 0 unspecified atom stereocenters. The molecule has 0 bridgehead atoms. The van der Waals surface area contributed by atoms with E-state index in [1.54, 1.807) is 24.3 Å². The van der Waals surface area contributed by atoms with Crippen LogP contribution in [-0.4, -0.2) is 13.0 Å². The van der Waals surface area contributed by atoms with Crippen molar-refractivity contribution in [3.05, 3.63) is 54.6 Å². The Morgan fingerprint density at radius 2 is 1.55 bits per heavy atom. The summed E-state index contributed by atoms with van der Waals surface area (Å²) < 4.78 is 31.5. The van der Waals surface area contributed by atoms with Gasteiger partial charge in [-0.05, 0) is 35.2 Å². The molecule has 6 heteroatoms.